The molecule has 0 spiro atoms. The summed E-state index contributed by atoms with van der Waals surface area (Å²) >= 11 is 7.31. The van der Waals surface area contributed by atoms with E-state index in [1.807, 2.05) is 13.0 Å². The first kappa shape index (κ1) is 21.3. The number of pyridine rings is 1. The van der Waals surface area contributed by atoms with E-state index >= 15 is 0 Å². The van der Waals surface area contributed by atoms with Crippen molar-refractivity contribution in [1.82, 2.24) is 4.98 Å². The van der Waals surface area contributed by atoms with E-state index in [1.54, 1.807) is 6.07 Å². The van der Waals surface area contributed by atoms with E-state index in [2.05, 4.69) is 15.0 Å². The summed E-state index contributed by atoms with van der Waals surface area (Å²) in [6.07, 6.45) is 0.492. The largest absolute Gasteiger partial charge is 0.463 e. The van der Waals surface area contributed by atoms with Crippen LogP contribution in [0.15, 0.2) is 22.3 Å². The van der Waals surface area contributed by atoms with Gasteiger partial charge in [-0.05, 0) is 17.5 Å². The van der Waals surface area contributed by atoms with Crippen molar-refractivity contribution < 1.29 is 19.0 Å². The molecule has 5 atom stereocenters. The lowest BCUT2D eigenvalue weighted by Crippen LogP contribution is -2.53. The fourth-order valence-electron chi connectivity index (χ4n) is 2.72. The number of carbonyl (C=O) groups excluding carboxylic acids is 1. The van der Waals surface area contributed by atoms with Gasteiger partial charge >= 0.3 is 5.97 Å². The number of azide groups is 1. The van der Waals surface area contributed by atoms with E-state index in [-0.39, 0.29) is 23.2 Å². The van der Waals surface area contributed by atoms with Gasteiger partial charge < -0.3 is 14.2 Å². The topological polar surface area (TPSA) is 130 Å². The molecule has 2 rings (SSSR count). The normalized spacial score (nSPS) is 27.3. The van der Waals surface area contributed by atoms with Crippen LogP contribution in [-0.4, -0.2) is 48.4 Å². The maximum atomic E-state index is 11.2. The Morgan fingerprint density at radius 3 is 2.93 bits per heavy atom. The molecule has 1 aromatic heterocycles. The van der Waals surface area contributed by atoms with Gasteiger partial charge in [0.1, 0.15) is 24.2 Å². The van der Waals surface area contributed by atoms with Crippen molar-refractivity contribution in [2.45, 2.75) is 42.4 Å². The Morgan fingerprint density at radius 1 is 1.63 bits per heavy atom. The molecule has 1 aliphatic heterocycles. The third-order valence-corrected chi connectivity index (χ3v) is 5.52. The molecule has 0 aliphatic carbocycles. The van der Waals surface area contributed by atoms with Crippen LogP contribution in [0, 0.1) is 17.2 Å². The smallest absolute Gasteiger partial charge is 0.302 e. The highest BCUT2D eigenvalue weighted by atomic mass is 35.5. The second-order valence-electron chi connectivity index (χ2n) is 5.83. The predicted octanol–water partition coefficient (Wildman–Crippen LogP) is 3.32. The molecule has 9 nitrogen and oxygen atoms in total. The van der Waals surface area contributed by atoms with Crippen LogP contribution in [0.25, 0.3) is 10.4 Å². The zero-order valence-electron chi connectivity index (χ0n) is 14.9. The first-order valence-electron chi connectivity index (χ1n) is 7.99. The summed E-state index contributed by atoms with van der Waals surface area (Å²) in [5.41, 5.74) is 8.50. The number of thioether (sulfide) groups is 1. The average molecular weight is 412 g/mol. The van der Waals surface area contributed by atoms with Crippen molar-refractivity contribution in [3.8, 4) is 6.07 Å². The van der Waals surface area contributed by atoms with Crippen LogP contribution in [0.5, 0.6) is 0 Å². The predicted molar refractivity (Wildman–Crippen MR) is 98.0 cm³/mol. The highest BCUT2D eigenvalue weighted by molar-refractivity contribution is 7.99. The average Bonchev–Trinajstić information content (AvgIpc) is 2.63. The van der Waals surface area contributed by atoms with Crippen LogP contribution in [-0.2, 0) is 19.0 Å². The fraction of sp³-hybridized carbons (Fsp3) is 0.562. The van der Waals surface area contributed by atoms with Crippen molar-refractivity contribution >= 4 is 29.3 Å². The van der Waals surface area contributed by atoms with Crippen molar-refractivity contribution in [3.63, 3.8) is 0 Å². The molecular weight excluding hydrogens is 394 g/mol. The highest BCUT2D eigenvalue weighted by Crippen LogP contribution is 2.38. The summed E-state index contributed by atoms with van der Waals surface area (Å²) < 4.78 is 16.7. The van der Waals surface area contributed by atoms with Crippen molar-refractivity contribution in [3.05, 3.63) is 33.4 Å². The van der Waals surface area contributed by atoms with Gasteiger partial charge in [0, 0.05) is 30.0 Å². The number of halogens is 1. The van der Waals surface area contributed by atoms with Crippen LogP contribution < -0.4 is 0 Å². The number of nitrogens with zero attached hydrogens (tertiary/aromatic N) is 5. The molecule has 0 aromatic carbocycles. The van der Waals surface area contributed by atoms with E-state index < -0.39 is 29.7 Å². The minimum atomic E-state index is -0.562. The zero-order chi connectivity index (χ0) is 20.0. The number of carbonyl (C=O) groups is 1. The van der Waals surface area contributed by atoms with Gasteiger partial charge in [0.15, 0.2) is 5.69 Å². The Balaban J connectivity index is 2.27. The van der Waals surface area contributed by atoms with E-state index in [0.717, 1.165) is 0 Å². The molecule has 0 saturated carbocycles. The van der Waals surface area contributed by atoms with Gasteiger partial charge in [-0.2, -0.15) is 5.26 Å². The molecule has 0 amide bonds. The van der Waals surface area contributed by atoms with Crippen molar-refractivity contribution in [2.24, 2.45) is 11.0 Å². The Bertz CT molecular complexity index is 783. The molecule has 3 unspecified atom stereocenters. The standard InChI is InChI=1S/C16H18ClN5O4S/c1-8-13(7-25-9(2)23)26-16(15(24-3)14(8)21-22-19)27-10-4-11(17)12(5-18)20-6-10/h4,6,8,13-16H,7H2,1-3H3/t8-,13?,14-,15?,16?/m0/s1. The van der Waals surface area contributed by atoms with Gasteiger partial charge in [-0.15, -0.1) is 0 Å². The lowest BCUT2D eigenvalue weighted by Gasteiger charge is -2.43. The molecule has 144 valence electrons. The van der Waals surface area contributed by atoms with Gasteiger partial charge in [-0.1, -0.05) is 35.4 Å². The van der Waals surface area contributed by atoms with Crippen LogP contribution in [0.2, 0.25) is 5.02 Å². The molecule has 27 heavy (non-hydrogen) atoms. The first-order chi connectivity index (χ1) is 12.9. The molecule has 0 bridgehead atoms. The Morgan fingerprint density at radius 2 is 2.37 bits per heavy atom. The van der Waals surface area contributed by atoms with E-state index in [0.29, 0.717) is 4.90 Å². The lowest BCUT2D eigenvalue weighted by atomic mass is 9.89. The Labute approximate surface area is 165 Å². The molecule has 1 aromatic rings. The van der Waals surface area contributed by atoms with Crippen molar-refractivity contribution in [1.29, 1.82) is 5.26 Å². The first-order valence-corrected chi connectivity index (χ1v) is 9.25. The zero-order valence-corrected chi connectivity index (χ0v) is 16.5. The number of rotatable bonds is 6. The third kappa shape index (κ3) is 5.25. The van der Waals surface area contributed by atoms with E-state index in [1.165, 1.54) is 32.0 Å². The molecule has 1 saturated heterocycles. The fourth-order valence-corrected chi connectivity index (χ4v) is 4.17. The quantitative estimate of drug-likeness (QED) is 0.303. The summed E-state index contributed by atoms with van der Waals surface area (Å²) in [6, 6.07) is 2.99. The van der Waals surface area contributed by atoms with E-state index in [4.69, 9.17) is 36.6 Å². The van der Waals surface area contributed by atoms with Crippen molar-refractivity contribution in [2.75, 3.05) is 13.7 Å². The lowest BCUT2D eigenvalue weighted by molar-refractivity contribution is -0.162. The van der Waals surface area contributed by atoms with Crippen LogP contribution in [0.1, 0.15) is 19.5 Å². The number of methoxy groups -OCH3 is 1. The summed E-state index contributed by atoms with van der Waals surface area (Å²) in [4.78, 5) is 18.7. The summed E-state index contributed by atoms with van der Waals surface area (Å²) in [7, 11) is 1.50. The minimum Gasteiger partial charge on any atom is -0.463 e. The van der Waals surface area contributed by atoms with Gasteiger partial charge in [-0.3, -0.25) is 4.79 Å². The van der Waals surface area contributed by atoms with Crippen LogP contribution >= 0.6 is 23.4 Å². The summed E-state index contributed by atoms with van der Waals surface area (Å²) in [5, 5.41) is 13.0. The molecule has 0 N–H and O–H groups in total. The van der Waals surface area contributed by atoms with Gasteiger partial charge in [0.25, 0.3) is 0 Å². The van der Waals surface area contributed by atoms with Gasteiger partial charge in [0.05, 0.1) is 17.2 Å². The molecule has 0 radical (unpaired) electrons. The molecule has 1 fully saturated rings. The minimum absolute atomic E-state index is 0.0355. The number of aromatic nitrogens is 1. The van der Waals surface area contributed by atoms with Gasteiger partial charge in [0.2, 0.25) is 0 Å². The maximum Gasteiger partial charge on any atom is 0.302 e. The molecule has 2 heterocycles. The SMILES string of the molecule is COC1C(Sc2cnc(C#N)c(Cl)c2)OC(COC(C)=O)[C@H](C)[C@@H]1N=[N+]=[N-]. The maximum absolute atomic E-state index is 11.2. The Hall–Kier alpha value is -2.02. The molecule has 11 heteroatoms. The molecule has 1 aliphatic rings. The highest BCUT2D eigenvalue weighted by Gasteiger charge is 2.44. The summed E-state index contributed by atoms with van der Waals surface area (Å²) in [6.45, 7) is 3.20. The van der Waals surface area contributed by atoms with E-state index in [9.17, 15) is 4.79 Å². The number of hydrogen-bond donors (Lipinski definition) is 0. The summed E-state index contributed by atoms with van der Waals surface area (Å²) in [5.74, 6) is -0.656. The van der Waals surface area contributed by atoms with Crippen LogP contribution in [0.3, 0.4) is 0 Å². The van der Waals surface area contributed by atoms with Gasteiger partial charge in [-0.25, -0.2) is 4.98 Å². The number of nitriles is 1. The monoisotopic (exact) mass is 411 g/mol. The number of esters is 1. The number of hydrogen-bond acceptors (Lipinski definition) is 8. The molecular formula is C16H18ClN5O4S. The van der Waals surface area contributed by atoms with Crippen LogP contribution in [0.4, 0.5) is 0 Å². The number of ether oxygens (including phenoxy) is 3. The second-order valence-corrected chi connectivity index (χ2v) is 7.41. The third-order valence-electron chi connectivity index (χ3n) is 4.12. The Kier molecular flexibility index (Phi) is 7.71. The second kappa shape index (κ2) is 9.78.